The van der Waals surface area contributed by atoms with Crippen molar-refractivity contribution in [2.45, 2.75) is 48.6 Å². The lowest BCUT2D eigenvalue weighted by atomic mass is 10.0. The van der Waals surface area contributed by atoms with E-state index in [1.807, 2.05) is 6.07 Å². The molecule has 0 aliphatic heterocycles. The van der Waals surface area contributed by atoms with Crippen LogP contribution in [-0.4, -0.2) is 23.5 Å². The van der Waals surface area contributed by atoms with Crippen molar-refractivity contribution in [2.75, 3.05) is 5.73 Å². The molecule has 0 saturated heterocycles. The van der Waals surface area contributed by atoms with Gasteiger partial charge in [0.2, 0.25) is 5.95 Å². The average Bonchev–Trinajstić information content (AvgIpc) is 3.43. The molecular formula is C15H15F3N4O2S. The maximum atomic E-state index is 12.9. The third-order valence-corrected chi connectivity index (χ3v) is 5.23. The van der Waals surface area contributed by atoms with Crippen LogP contribution in [0.5, 0.6) is 0 Å². The van der Waals surface area contributed by atoms with Gasteiger partial charge in [-0.15, -0.1) is 5.10 Å². The van der Waals surface area contributed by atoms with Crippen molar-refractivity contribution in [3.8, 4) is 5.69 Å². The van der Waals surface area contributed by atoms with Crippen molar-refractivity contribution in [3.05, 3.63) is 29.1 Å². The molecule has 0 bridgehead atoms. The van der Waals surface area contributed by atoms with E-state index in [0.29, 0.717) is 5.69 Å². The Bertz CT molecular complexity index is 872. The number of benzene rings is 1. The summed E-state index contributed by atoms with van der Waals surface area (Å²) in [6.07, 6.45) is -0.997. The monoisotopic (exact) mass is 372 g/mol. The lowest BCUT2D eigenvalue weighted by Crippen LogP contribution is -2.10. The van der Waals surface area contributed by atoms with Crippen molar-refractivity contribution in [3.63, 3.8) is 0 Å². The summed E-state index contributed by atoms with van der Waals surface area (Å²) in [7, 11) is 0. The number of rotatable bonds is 4. The van der Waals surface area contributed by atoms with Gasteiger partial charge in [-0.1, -0.05) is 6.07 Å². The van der Waals surface area contributed by atoms with Crippen LogP contribution in [0.2, 0.25) is 0 Å². The van der Waals surface area contributed by atoms with Crippen LogP contribution >= 0.6 is 0 Å². The molecular weight excluding hydrogens is 357 g/mol. The van der Waals surface area contributed by atoms with Gasteiger partial charge in [-0.25, -0.2) is 4.21 Å². The summed E-state index contributed by atoms with van der Waals surface area (Å²) in [5.74, 6) is -1.30. The summed E-state index contributed by atoms with van der Waals surface area (Å²) in [5.41, 5.74) is 7.54. The second kappa shape index (κ2) is 5.53. The van der Waals surface area contributed by atoms with Gasteiger partial charge in [-0.2, -0.15) is 22.8 Å². The molecule has 0 amide bonds. The summed E-state index contributed by atoms with van der Waals surface area (Å²) in [6, 6.07) is 3.27. The van der Waals surface area contributed by atoms with E-state index in [1.54, 1.807) is 0 Å². The predicted molar refractivity (Wildman–Crippen MR) is 83.8 cm³/mol. The van der Waals surface area contributed by atoms with E-state index in [9.17, 15) is 21.9 Å². The van der Waals surface area contributed by atoms with Crippen LogP contribution in [0.25, 0.3) is 5.69 Å². The molecule has 0 radical (unpaired) electrons. The van der Waals surface area contributed by atoms with Gasteiger partial charge in [-0.3, -0.25) is 0 Å². The molecule has 134 valence electrons. The van der Waals surface area contributed by atoms with Crippen LogP contribution in [0.1, 0.15) is 54.5 Å². The van der Waals surface area contributed by atoms with E-state index in [0.717, 1.165) is 41.5 Å². The normalized spacial score (nSPS) is 19.2. The van der Waals surface area contributed by atoms with Gasteiger partial charge in [0.15, 0.2) is 11.1 Å². The number of alkyl halides is 3. The third kappa shape index (κ3) is 3.04. The van der Waals surface area contributed by atoms with Crippen LogP contribution in [0.3, 0.4) is 0 Å². The number of hydrogen-bond donors (Lipinski definition) is 2. The topological polar surface area (TPSA) is 94.0 Å². The van der Waals surface area contributed by atoms with Crippen molar-refractivity contribution in [1.82, 2.24) is 14.8 Å². The maximum absolute atomic E-state index is 12.9. The summed E-state index contributed by atoms with van der Waals surface area (Å²) >= 11 is -2.25. The smallest absolute Gasteiger partial charge is 0.368 e. The van der Waals surface area contributed by atoms with Crippen LogP contribution in [-0.2, 0) is 17.3 Å². The first-order chi connectivity index (χ1) is 11.8. The zero-order valence-corrected chi connectivity index (χ0v) is 13.8. The molecule has 10 heteroatoms. The lowest BCUT2D eigenvalue weighted by Gasteiger charge is -2.15. The van der Waals surface area contributed by atoms with Crippen molar-refractivity contribution >= 4 is 17.0 Å². The van der Waals surface area contributed by atoms with E-state index in [2.05, 4.69) is 10.1 Å². The van der Waals surface area contributed by atoms with Crippen molar-refractivity contribution in [1.29, 1.82) is 0 Å². The fourth-order valence-corrected chi connectivity index (χ4v) is 3.63. The highest BCUT2D eigenvalue weighted by Gasteiger charge is 2.38. The van der Waals surface area contributed by atoms with E-state index < -0.39 is 29.0 Å². The van der Waals surface area contributed by atoms with Crippen LogP contribution < -0.4 is 5.73 Å². The fourth-order valence-electron chi connectivity index (χ4n) is 2.99. The predicted octanol–water partition coefficient (Wildman–Crippen LogP) is 3.20. The van der Waals surface area contributed by atoms with E-state index in [4.69, 9.17) is 5.73 Å². The van der Waals surface area contributed by atoms with Gasteiger partial charge in [0.25, 0.3) is 5.82 Å². The summed E-state index contributed by atoms with van der Waals surface area (Å²) in [4.78, 5) is 3.49. The van der Waals surface area contributed by atoms with Crippen molar-refractivity contribution in [2.24, 2.45) is 0 Å². The standard InChI is InChI=1S/C15H15F3N4O2S/c16-15(17,18)13-20-14(19)22(21-13)11-6-12(25(23)24)10(8-3-4-8)5-9(11)7-1-2-7/h5-8H,1-4H2,(H,23,24)(H2,19,20,21). The molecule has 1 unspecified atom stereocenters. The zero-order chi connectivity index (χ0) is 17.9. The third-order valence-electron chi connectivity index (χ3n) is 4.50. The number of nitrogen functional groups attached to an aromatic ring is 1. The Hall–Kier alpha value is -1.94. The number of anilines is 1. The summed E-state index contributed by atoms with van der Waals surface area (Å²) < 4.78 is 60.9. The minimum absolute atomic E-state index is 0.199. The second-order valence-electron chi connectivity index (χ2n) is 6.45. The first-order valence-corrected chi connectivity index (χ1v) is 8.95. The highest BCUT2D eigenvalue weighted by Crippen LogP contribution is 2.48. The van der Waals surface area contributed by atoms with Crippen molar-refractivity contribution < 1.29 is 21.9 Å². The van der Waals surface area contributed by atoms with Gasteiger partial charge in [0.05, 0.1) is 10.6 Å². The van der Waals surface area contributed by atoms with Crippen LogP contribution in [0.4, 0.5) is 19.1 Å². The van der Waals surface area contributed by atoms with E-state index in [1.165, 1.54) is 6.07 Å². The maximum Gasteiger partial charge on any atom is 0.453 e. The minimum atomic E-state index is -4.71. The van der Waals surface area contributed by atoms with Crippen LogP contribution in [0, 0.1) is 0 Å². The Morgan fingerprint density at radius 3 is 2.24 bits per heavy atom. The molecule has 2 aliphatic rings. The highest BCUT2D eigenvalue weighted by atomic mass is 32.2. The number of aromatic nitrogens is 3. The fraction of sp³-hybridized carbons (Fsp3) is 0.467. The molecule has 1 aromatic carbocycles. The Kier molecular flexibility index (Phi) is 3.66. The molecule has 1 atom stereocenters. The molecule has 1 aromatic heterocycles. The van der Waals surface area contributed by atoms with Gasteiger partial charge >= 0.3 is 6.18 Å². The van der Waals surface area contributed by atoms with Gasteiger partial charge in [-0.05, 0) is 54.7 Å². The molecule has 2 aliphatic carbocycles. The largest absolute Gasteiger partial charge is 0.453 e. The molecule has 6 nitrogen and oxygen atoms in total. The number of nitrogens with zero attached hydrogens (tertiary/aromatic N) is 3. The van der Waals surface area contributed by atoms with Gasteiger partial charge < -0.3 is 10.3 Å². The van der Waals surface area contributed by atoms with Crippen LogP contribution in [0.15, 0.2) is 17.0 Å². The average molecular weight is 372 g/mol. The molecule has 2 saturated carbocycles. The quantitative estimate of drug-likeness (QED) is 0.804. The Morgan fingerprint density at radius 1 is 1.16 bits per heavy atom. The molecule has 25 heavy (non-hydrogen) atoms. The highest BCUT2D eigenvalue weighted by molar-refractivity contribution is 7.79. The number of halogens is 3. The Labute approximate surface area is 143 Å². The SMILES string of the molecule is Nc1nc(C(F)(F)F)nn1-c1cc(S(=O)O)c(C2CC2)cc1C1CC1. The first-order valence-electron chi connectivity index (χ1n) is 7.84. The number of nitrogens with two attached hydrogens (primary N) is 1. The first kappa shape index (κ1) is 16.5. The van der Waals surface area contributed by atoms with Gasteiger partial charge in [0, 0.05) is 0 Å². The molecule has 2 aromatic rings. The van der Waals surface area contributed by atoms with E-state index >= 15 is 0 Å². The molecule has 3 N–H and O–H groups in total. The van der Waals surface area contributed by atoms with E-state index in [-0.39, 0.29) is 16.7 Å². The molecule has 4 rings (SSSR count). The number of hydrogen-bond acceptors (Lipinski definition) is 4. The second-order valence-corrected chi connectivity index (χ2v) is 7.39. The lowest BCUT2D eigenvalue weighted by molar-refractivity contribution is -0.144. The Balaban J connectivity index is 1.90. The zero-order valence-electron chi connectivity index (χ0n) is 13.0. The Morgan fingerprint density at radius 2 is 1.76 bits per heavy atom. The minimum Gasteiger partial charge on any atom is -0.368 e. The molecule has 0 spiro atoms. The molecule has 1 heterocycles. The molecule has 2 fully saturated rings. The summed E-state index contributed by atoms with van der Waals surface area (Å²) in [5, 5.41) is 3.49. The summed E-state index contributed by atoms with van der Waals surface area (Å²) in [6.45, 7) is 0. The van der Waals surface area contributed by atoms with Gasteiger partial charge in [0.1, 0.15) is 0 Å².